The maximum Gasteiger partial charge on any atom is 0.354 e. The Balaban J connectivity index is 1.93. The van der Waals surface area contributed by atoms with Crippen molar-refractivity contribution in [2.24, 2.45) is 5.16 Å². The van der Waals surface area contributed by atoms with Crippen LogP contribution < -0.4 is 0 Å². The summed E-state index contributed by atoms with van der Waals surface area (Å²) in [7, 11) is 0. The van der Waals surface area contributed by atoms with Crippen molar-refractivity contribution in [3.05, 3.63) is 69.7 Å². The van der Waals surface area contributed by atoms with E-state index in [1.54, 1.807) is 18.2 Å². The lowest BCUT2D eigenvalue weighted by Crippen LogP contribution is -2.46. The summed E-state index contributed by atoms with van der Waals surface area (Å²) in [6.45, 7) is 2.29. The average Bonchev–Trinajstić information content (AvgIpc) is 3.15. The quantitative estimate of drug-likeness (QED) is 0.520. The van der Waals surface area contributed by atoms with Crippen molar-refractivity contribution in [2.75, 3.05) is 0 Å². The van der Waals surface area contributed by atoms with E-state index in [2.05, 4.69) is 12.1 Å². The SMILES string of the molecule is CCCCC1=NOC(C(=O)O)(C(OCc2ccccc2)c2ccc(Cl)c(Cl)c2)C1. The second-order valence-corrected chi connectivity index (χ2v) is 7.89. The predicted molar refractivity (Wildman–Crippen MR) is 113 cm³/mol. The number of unbranched alkanes of at least 4 members (excludes halogenated alkanes) is 1. The van der Waals surface area contributed by atoms with Crippen molar-refractivity contribution in [2.45, 2.75) is 50.9 Å². The molecule has 1 aliphatic rings. The van der Waals surface area contributed by atoms with Crippen molar-refractivity contribution in [3.8, 4) is 0 Å². The number of hydrogen-bond acceptors (Lipinski definition) is 4. The van der Waals surface area contributed by atoms with E-state index in [-0.39, 0.29) is 13.0 Å². The van der Waals surface area contributed by atoms with Gasteiger partial charge in [0.25, 0.3) is 5.60 Å². The lowest BCUT2D eigenvalue weighted by atomic mass is 9.85. The maximum atomic E-state index is 12.4. The number of oxime groups is 1. The molecule has 0 amide bonds. The number of carboxylic acids is 1. The highest BCUT2D eigenvalue weighted by Crippen LogP contribution is 2.42. The number of halogens is 2. The molecule has 1 heterocycles. The number of nitrogens with zero attached hydrogens (tertiary/aromatic N) is 1. The summed E-state index contributed by atoms with van der Waals surface area (Å²) in [5.74, 6) is -1.13. The lowest BCUT2D eigenvalue weighted by molar-refractivity contribution is -0.187. The molecule has 29 heavy (non-hydrogen) atoms. The summed E-state index contributed by atoms with van der Waals surface area (Å²) >= 11 is 12.3. The Kier molecular flexibility index (Phi) is 7.17. The molecule has 0 aromatic heterocycles. The van der Waals surface area contributed by atoms with Gasteiger partial charge in [0.1, 0.15) is 6.10 Å². The van der Waals surface area contributed by atoms with Gasteiger partial charge in [-0.2, -0.15) is 0 Å². The molecule has 3 rings (SSSR count). The van der Waals surface area contributed by atoms with Gasteiger partial charge in [0.05, 0.1) is 22.4 Å². The molecule has 0 saturated carbocycles. The van der Waals surface area contributed by atoms with E-state index in [0.717, 1.165) is 24.1 Å². The van der Waals surface area contributed by atoms with E-state index in [9.17, 15) is 9.90 Å². The third-order valence-electron chi connectivity index (χ3n) is 4.91. The maximum absolute atomic E-state index is 12.4. The van der Waals surface area contributed by atoms with E-state index >= 15 is 0 Å². The summed E-state index contributed by atoms with van der Waals surface area (Å²) in [6, 6.07) is 14.5. The van der Waals surface area contributed by atoms with Gasteiger partial charge in [0, 0.05) is 6.42 Å². The van der Waals surface area contributed by atoms with Crippen LogP contribution >= 0.6 is 23.2 Å². The molecule has 0 spiro atoms. The average molecular weight is 436 g/mol. The normalized spacial score (nSPS) is 19.5. The van der Waals surface area contributed by atoms with Gasteiger partial charge in [0.15, 0.2) is 0 Å². The number of benzene rings is 2. The minimum absolute atomic E-state index is 0.155. The fourth-order valence-electron chi connectivity index (χ4n) is 3.33. The molecule has 0 aliphatic carbocycles. The smallest absolute Gasteiger partial charge is 0.354 e. The minimum Gasteiger partial charge on any atom is -0.478 e. The molecule has 1 aliphatic heterocycles. The number of carboxylic acid groups (broad SMARTS) is 1. The lowest BCUT2D eigenvalue weighted by Gasteiger charge is -2.31. The Morgan fingerprint density at radius 2 is 2.00 bits per heavy atom. The van der Waals surface area contributed by atoms with Crippen LogP contribution in [0, 0.1) is 0 Å². The molecule has 0 saturated heterocycles. The third kappa shape index (κ3) is 4.92. The van der Waals surface area contributed by atoms with Gasteiger partial charge in [0.2, 0.25) is 0 Å². The highest BCUT2D eigenvalue weighted by atomic mass is 35.5. The van der Waals surface area contributed by atoms with Gasteiger partial charge < -0.3 is 14.7 Å². The second-order valence-electron chi connectivity index (χ2n) is 7.07. The van der Waals surface area contributed by atoms with E-state index in [0.29, 0.717) is 22.0 Å². The van der Waals surface area contributed by atoms with Crippen LogP contribution in [0.4, 0.5) is 0 Å². The zero-order chi connectivity index (χ0) is 20.9. The zero-order valence-electron chi connectivity index (χ0n) is 16.1. The van der Waals surface area contributed by atoms with E-state index in [1.165, 1.54) is 0 Å². The monoisotopic (exact) mass is 435 g/mol. The minimum atomic E-state index is -1.66. The van der Waals surface area contributed by atoms with E-state index in [4.69, 9.17) is 32.8 Å². The zero-order valence-corrected chi connectivity index (χ0v) is 17.6. The molecular formula is C22H23Cl2NO4. The van der Waals surface area contributed by atoms with Crippen molar-refractivity contribution in [1.29, 1.82) is 0 Å². The summed E-state index contributed by atoms with van der Waals surface area (Å²) in [4.78, 5) is 18.0. The van der Waals surface area contributed by atoms with Crippen molar-refractivity contribution in [1.82, 2.24) is 0 Å². The highest BCUT2D eigenvalue weighted by molar-refractivity contribution is 6.42. The molecule has 0 fully saturated rings. The fraction of sp³-hybridized carbons (Fsp3) is 0.364. The Labute approximate surface area is 180 Å². The van der Waals surface area contributed by atoms with E-state index < -0.39 is 17.7 Å². The molecule has 2 aromatic rings. The molecule has 154 valence electrons. The first-order valence-electron chi connectivity index (χ1n) is 9.54. The molecule has 2 aromatic carbocycles. The van der Waals surface area contributed by atoms with Crippen LogP contribution in [0.5, 0.6) is 0 Å². The van der Waals surface area contributed by atoms with Crippen molar-refractivity contribution in [3.63, 3.8) is 0 Å². The number of aliphatic carboxylic acids is 1. The summed E-state index contributed by atoms with van der Waals surface area (Å²) in [6.07, 6.45) is 1.83. The van der Waals surface area contributed by atoms with Crippen LogP contribution in [0.3, 0.4) is 0 Å². The predicted octanol–water partition coefficient (Wildman–Crippen LogP) is 6.04. The summed E-state index contributed by atoms with van der Waals surface area (Å²) in [5.41, 5.74) is 0.560. The third-order valence-corrected chi connectivity index (χ3v) is 5.65. The van der Waals surface area contributed by atoms with Crippen LogP contribution in [-0.4, -0.2) is 22.4 Å². The Hall–Kier alpha value is -2.08. The molecule has 0 bridgehead atoms. The largest absolute Gasteiger partial charge is 0.478 e. The van der Waals surface area contributed by atoms with Crippen molar-refractivity contribution < 1.29 is 19.5 Å². The molecule has 1 N–H and O–H groups in total. The Bertz CT molecular complexity index is 888. The van der Waals surface area contributed by atoms with Crippen LogP contribution in [0.2, 0.25) is 10.0 Å². The summed E-state index contributed by atoms with van der Waals surface area (Å²) < 4.78 is 6.13. The molecular weight excluding hydrogens is 413 g/mol. The first kappa shape index (κ1) is 21.6. The molecule has 0 radical (unpaired) electrons. The van der Waals surface area contributed by atoms with Crippen LogP contribution in [0.25, 0.3) is 0 Å². The second kappa shape index (κ2) is 9.61. The molecule has 2 atom stereocenters. The van der Waals surface area contributed by atoms with Gasteiger partial charge in [-0.15, -0.1) is 0 Å². The first-order chi connectivity index (χ1) is 14.0. The number of hydrogen-bond donors (Lipinski definition) is 1. The molecule has 2 unspecified atom stereocenters. The Morgan fingerprint density at radius 1 is 1.24 bits per heavy atom. The van der Waals surface area contributed by atoms with Crippen LogP contribution in [0.1, 0.15) is 49.8 Å². The fourth-order valence-corrected chi connectivity index (χ4v) is 3.63. The van der Waals surface area contributed by atoms with Gasteiger partial charge >= 0.3 is 5.97 Å². The van der Waals surface area contributed by atoms with Gasteiger partial charge in [-0.1, -0.05) is 78.1 Å². The highest BCUT2D eigenvalue weighted by Gasteiger charge is 2.54. The summed E-state index contributed by atoms with van der Waals surface area (Å²) in [5, 5.41) is 14.9. The standard InChI is InChI=1S/C22H23Cl2NO4/c1-2-3-9-17-13-22(21(26)27,29-25-17)20(16-10-11-18(23)19(24)12-16)28-14-15-7-5-4-6-8-15/h4-8,10-12,20H,2-3,9,13-14H2,1H3,(H,26,27). The first-order valence-corrected chi connectivity index (χ1v) is 10.3. The number of rotatable bonds is 9. The van der Waals surface area contributed by atoms with Crippen LogP contribution in [-0.2, 0) is 21.0 Å². The van der Waals surface area contributed by atoms with Gasteiger partial charge in [-0.25, -0.2) is 4.79 Å². The number of carbonyl (C=O) groups is 1. The topological polar surface area (TPSA) is 68.1 Å². The van der Waals surface area contributed by atoms with E-state index in [1.807, 2.05) is 30.3 Å². The van der Waals surface area contributed by atoms with Gasteiger partial charge in [-0.05, 0) is 36.1 Å². The van der Waals surface area contributed by atoms with Crippen molar-refractivity contribution >= 4 is 34.9 Å². The Morgan fingerprint density at radius 3 is 2.66 bits per heavy atom. The number of ether oxygens (including phenoxy) is 1. The molecule has 7 heteroatoms. The van der Waals surface area contributed by atoms with Crippen LogP contribution in [0.15, 0.2) is 53.7 Å². The molecule has 5 nitrogen and oxygen atoms in total. The van der Waals surface area contributed by atoms with Gasteiger partial charge in [-0.3, -0.25) is 0 Å².